The second kappa shape index (κ2) is 5.85. The zero-order valence-corrected chi connectivity index (χ0v) is 11.6. The largest absolute Gasteiger partial charge is 0.454 e. The molecular weight excluding hydrogens is 292 g/mol. The first-order chi connectivity index (χ1) is 10.2. The molecule has 2 heterocycles. The minimum atomic E-state index is -0.253. The fraction of sp³-hybridized carbons (Fsp3) is 0.0667. The van der Waals surface area contributed by atoms with Crippen molar-refractivity contribution in [3.8, 4) is 11.5 Å². The van der Waals surface area contributed by atoms with Gasteiger partial charge in [-0.05, 0) is 35.9 Å². The lowest BCUT2D eigenvalue weighted by molar-refractivity contribution is -0.111. The normalized spacial score (nSPS) is 12.6. The number of amides is 1. The van der Waals surface area contributed by atoms with Crippen LogP contribution in [0.4, 0.5) is 5.69 Å². The summed E-state index contributed by atoms with van der Waals surface area (Å²) < 4.78 is 10.5. The number of rotatable bonds is 3. The molecule has 1 aromatic carbocycles. The van der Waals surface area contributed by atoms with Crippen molar-refractivity contribution in [1.82, 2.24) is 4.98 Å². The van der Waals surface area contributed by atoms with Crippen LogP contribution in [0.3, 0.4) is 0 Å². The van der Waals surface area contributed by atoms with Crippen molar-refractivity contribution in [2.45, 2.75) is 0 Å². The Balaban J connectivity index is 1.71. The maximum atomic E-state index is 11.8. The Hall–Kier alpha value is -2.53. The molecular formula is C15H11ClN2O3. The quantitative estimate of drug-likeness (QED) is 0.885. The lowest BCUT2D eigenvalue weighted by Gasteiger charge is -2.02. The van der Waals surface area contributed by atoms with Gasteiger partial charge in [-0.2, -0.15) is 0 Å². The first-order valence-corrected chi connectivity index (χ1v) is 6.58. The summed E-state index contributed by atoms with van der Waals surface area (Å²) in [5.74, 6) is 0.861. The van der Waals surface area contributed by atoms with Crippen molar-refractivity contribution >= 4 is 29.3 Å². The highest BCUT2D eigenvalue weighted by Crippen LogP contribution is 2.40. The molecule has 1 amide bonds. The van der Waals surface area contributed by atoms with Crippen molar-refractivity contribution in [2.24, 2.45) is 0 Å². The Labute approximate surface area is 126 Å². The van der Waals surface area contributed by atoms with Crippen molar-refractivity contribution in [3.05, 3.63) is 53.3 Å². The molecule has 106 valence electrons. The second-order valence-electron chi connectivity index (χ2n) is 4.30. The van der Waals surface area contributed by atoms with Gasteiger partial charge in [-0.3, -0.25) is 9.78 Å². The number of ether oxygens (including phenoxy) is 2. The summed E-state index contributed by atoms with van der Waals surface area (Å²) in [6.45, 7) is 0.156. The van der Waals surface area contributed by atoms with Crippen LogP contribution in [-0.4, -0.2) is 17.7 Å². The Kier molecular flexibility index (Phi) is 3.75. The van der Waals surface area contributed by atoms with E-state index in [0.717, 1.165) is 5.56 Å². The number of hydrogen-bond donors (Lipinski definition) is 1. The Bertz CT molecular complexity index is 702. The number of benzene rings is 1. The lowest BCUT2D eigenvalue weighted by Crippen LogP contribution is -2.07. The standard InChI is InChI=1S/C15H11ClN2O3/c16-12-6-10(7-13-15(12)21-9-20-13)3-4-14(19)18-11-2-1-5-17-8-11/h1-8H,9H2,(H,18,19)/b4-3+. The molecule has 0 bridgehead atoms. The topological polar surface area (TPSA) is 60.5 Å². The third-order valence-corrected chi connectivity index (χ3v) is 3.09. The molecule has 5 nitrogen and oxygen atoms in total. The Morgan fingerprint density at radius 2 is 2.29 bits per heavy atom. The molecule has 0 atom stereocenters. The van der Waals surface area contributed by atoms with E-state index < -0.39 is 0 Å². The Morgan fingerprint density at radius 3 is 3.10 bits per heavy atom. The maximum Gasteiger partial charge on any atom is 0.248 e. The predicted molar refractivity (Wildman–Crippen MR) is 79.5 cm³/mol. The summed E-state index contributed by atoms with van der Waals surface area (Å²) in [6, 6.07) is 6.98. The summed E-state index contributed by atoms with van der Waals surface area (Å²) >= 11 is 6.07. The first kappa shape index (κ1) is 13.5. The first-order valence-electron chi connectivity index (χ1n) is 6.20. The molecule has 2 aromatic rings. The van der Waals surface area contributed by atoms with Crippen molar-refractivity contribution in [1.29, 1.82) is 0 Å². The highest BCUT2D eigenvalue weighted by molar-refractivity contribution is 6.32. The number of nitrogens with one attached hydrogen (secondary N) is 1. The van der Waals surface area contributed by atoms with Crippen LogP contribution in [0.1, 0.15) is 5.56 Å². The van der Waals surface area contributed by atoms with Crippen LogP contribution in [0.5, 0.6) is 11.5 Å². The summed E-state index contributed by atoms with van der Waals surface area (Å²) in [6.07, 6.45) is 6.28. The molecule has 0 unspecified atom stereocenters. The van der Waals surface area contributed by atoms with Gasteiger partial charge in [-0.25, -0.2) is 0 Å². The van der Waals surface area contributed by atoms with E-state index >= 15 is 0 Å². The number of carbonyl (C=O) groups excluding carboxylic acids is 1. The van der Waals surface area contributed by atoms with Crippen LogP contribution in [0.15, 0.2) is 42.7 Å². The van der Waals surface area contributed by atoms with E-state index in [1.807, 2.05) is 0 Å². The molecule has 6 heteroatoms. The average molecular weight is 303 g/mol. The van der Waals surface area contributed by atoms with E-state index in [-0.39, 0.29) is 12.7 Å². The van der Waals surface area contributed by atoms with Gasteiger partial charge in [0.1, 0.15) is 0 Å². The molecule has 1 aliphatic rings. The minimum Gasteiger partial charge on any atom is -0.454 e. The minimum absolute atomic E-state index is 0.156. The van der Waals surface area contributed by atoms with Gasteiger partial charge in [-0.15, -0.1) is 0 Å². The van der Waals surface area contributed by atoms with Crippen molar-refractivity contribution in [2.75, 3.05) is 12.1 Å². The summed E-state index contributed by atoms with van der Waals surface area (Å²) in [7, 11) is 0. The number of nitrogens with zero attached hydrogens (tertiary/aromatic N) is 1. The highest BCUT2D eigenvalue weighted by atomic mass is 35.5. The van der Waals surface area contributed by atoms with Gasteiger partial charge in [0, 0.05) is 12.3 Å². The molecule has 1 N–H and O–H groups in total. The molecule has 1 aromatic heterocycles. The number of hydrogen-bond acceptors (Lipinski definition) is 4. The SMILES string of the molecule is O=C(/C=C/c1cc(Cl)c2c(c1)OCO2)Nc1cccnc1. The highest BCUT2D eigenvalue weighted by Gasteiger charge is 2.17. The molecule has 1 aliphatic heterocycles. The maximum absolute atomic E-state index is 11.8. The molecule has 21 heavy (non-hydrogen) atoms. The van der Waals surface area contributed by atoms with Crippen LogP contribution >= 0.6 is 11.6 Å². The van der Waals surface area contributed by atoms with E-state index in [1.165, 1.54) is 6.08 Å². The second-order valence-corrected chi connectivity index (χ2v) is 4.71. The van der Waals surface area contributed by atoms with Gasteiger partial charge in [0.2, 0.25) is 12.7 Å². The molecule has 0 fully saturated rings. The monoisotopic (exact) mass is 302 g/mol. The van der Waals surface area contributed by atoms with Gasteiger partial charge < -0.3 is 14.8 Å². The van der Waals surface area contributed by atoms with E-state index in [9.17, 15) is 4.79 Å². The van der Waals surface area contributed by atoms with Crippen LogP contribution in [0, 0.1) is 0 Å². The number of fused-ring (bicyclic) bond motifs is 1. The van der Waals surface area contributed by atoms with Gasteiger partial charge in [0.25, 0.3) is 0 Å². The predicted octanol–water partition coefficient (Wildman–Crippen LogP) is 3.12. The number of carbonyl (C=O) groups is 1. The summed E-state index contributed by atoms with van der Waals surface area (Å²) in [5, 5.41) is 3.16. The third-order valence-electron chi connectivity index (χ3n) is 2.81. The molecule has 0 saturated carbocycles. The van der Waals surface area contributed by atoms with Gasteiger partial charge >= 0.3 is 0 Å². The van der Waals surface area contributed by atoms with Crippen LogP contribution in [0.2, 0.25) is 5.02 Å². The van der Waals surface area contributed by atoms with E-state index in [0.29, 0.717) is 22.2 Å². The summed E-state index contributed by atoms with van der Waals surface area (Å²) in [4.78, 5) is 15.7. The molecule has 0 radical (unpaired) electrons. The number of halogens is 1. The van der Waals surface area contributed by atoms with Crippen molar-refractivity contribution < 1.29 is 14.3 Å². The Morgan fingerprint density at radius 1 is 1.38 bits per heavy atom. The average Bonchev–Trinajstić information content (AvgIpc) is 2.95. The van der Waals surface area contributed by atoms with Crippen LogP contribution in [-0.2, 0) is 4.79 Å². The van der Waals surface area contributed by atoms with E-state index in [4.69, 9.17) is 21.1 Å². The van der Waals surface area contributed by atoms with Gasteiger partial charge in [0.15, 0.2) is 11.5 Å². The van der Waals surface area contributed by atoms with Gasteiger partial charge in [-0.1, -0.05) is 11.6 Å². The number of anilines is 1. The third kappa shape index (κ3) is 3.14. The number of aromatic nitrogens is 1. The molecule has 0 saturated heterocycles. The van der Waals surface area contributed by atoms with Crippen LogP contribution < -0.4 is 14.8 Å². The molecule has 0 aliphatic carbocycles. The number of pyridine rings is 1. The van der Waals surface area contributed by atoms with Crippen molar-refractivity contribution in [3.63, 3.8) is 0 Å². The lowest BCUT2D eigenvalue weighted by atomic mass is 10.2. The van der Waals surface area contributed by atoms with E-state index in [1.54, 1.807) is 42.7 Å². The fourth-order valence-electron chi connectivity index (χ4n) is 1.88. The zero-order valence-electron chi connectivity index (χ0n) is 10.9. The smallest absolute Gasteiger partial charge is 0.248 e. The fourth-order valence-corrected chi connectivity index (χ4v) is 2.15. The van der Waals surface area contributed by atoms with Gasteiger partial charge in [0.05, 0.1) is 16.9 Å². The zero-order chi connectivity index (χ0) is 14.7. The molecule has 0 spiro atoms. The summed E-state index contributed by atoms with van der Waals surface area (Å²) in [5.41, 5.74) is 1.39. The van der Waals surface area contributed by atoms with Crippen LogP contribution in [0.25, 0.3) is 6.08 Å². The molecule has 3 rings (SSSR count). The van der Waals surface area contributed by atoms with E-state index in [2.05, 4.69) is 10.3 Å².